The number of likely N-dealkylation sites (tertiary alicyclic amines) is 1. The Hall–Kier alpha value is -0.570. The lowest BCUT2D eigenvalue weighted by Gasteiger charge is -2.23. The summed E-state index contributed by atoms with van der Waals surface area (Å²) in [5, 5.41) is 8.82. The molecule has 0 bridgehead atoms. The lowest BCUT2D eigenvalue weighted by atomic mass is 10.1. The van der Waals surface area contributed by atoms with Crippen LogP contribution in [0.3, 0.4) is 0 Å². The molecule has 0 aliphatic carbocycles. The van der Waals surface area contributed by atoms with Crippen LogP contribution < -0.4 is 0 Å². The number of hydrogen-bond donors (Lipinski definition) is 1. The highest BCUT2D eigenvalue weighted by Crippen LogP contribution is 2.20. The second-order valence-corrected chi connectivity index (χ2v) is 3.96. The molecule has 1 heterocycles. The summed E-state index contributed by atoms with van der Waals surface area (Å²) in [7, 11) is 0. The van der Waals surface area contributed by atoms with E-state index >= 15 is 0 Å². The molecule has 1 fully saturated rings. The van der Waals surface area contributed by atoms with Crippen LogP contribution >= 0.6 is 0 Å². The van der Waals surface area contributed by atoms with Gasteiger partial charge in [0.15, 0.2) is 0 Å². The standard InChI is InChI=1S/C10H19NO2/c1-3-4-8(2)11-6-5-9(7-11)10(12)13/h8-9H,3-7H2,1-2H3,(H,12,13). The summed E-state index contributed by atoms with van der Waals surface area (Å²) in [6.45, 7) is 6.06. The van der Waals surface area contributed by atoms with E-state index in [1.807, 2.05) is 0 Å². The van der Waals surface area contributed by atoms with Gasteiger partial charge in [-0.2, -0.15) is 0 Å². The number of carboxylic acids is 1. The van der Waals surface area contributed by atoms with Crippen molar-refractivity contribution in [3.63, 3.8) is 0 Å². The molecule has 1 N–H and O–H groups in total. The highest BCUT2D eigenvalue weighted by atomic mass is 16.4. The summed E-state index contributed by atoms with van der Waals surface area (Å²) >= 11 is 0. The fraction of sp³-hybridized carbons (Fsp3) is 0.900. The van der Waals surface area contributed by atoms with Crippen LogP contribution in [0.15, 0.2) is 0 Å². The molecule has 1 aliphatic heterocycles. The van der Waals surface area contributed by atoms with E-state index in [0.717, 1.165) is 19.5 Å². The van der Waals surface area contributed by atoms with Crippen molar-refractivity contribution in [1.82, 2.24) is 4.90 Å². The molecule has 2 atom stereocenters. The highest BCUT2D eigenvalue weighted by Gasteiger charge is 2.29. The number of carboxylic acid groups (broad SMARTS) is 1. The molecule has 13 heavy (non-hydrogen) atoms. The summed E-state index contributed by atoms with van der Waals surface area (Å²) in [5.74, 6) is -0.759. The van der Waals surface area contributed by atoms with Gasteiger partial charge in [-0.3, -0.25) is 9.69 Å². The maximum Gasteiger partial charge on any atom is 0.307 e. The molecule has 0 aromatic heterocycles. The van der Waals surface area contributed by atoms with Crippen molar-refractivity contribution >= 4 is 5.97 Å². The zero-order valence-corrected chi connectivity index (χ0v) is 8.49. The molecular formula is C10H19NO2. The van der Waals surface area contributed by atoms with Crippen LogP contribution in [0.25, 0.3) is 0 Å². The molecule has 0 amide bonds. The molecule has 2 unspecified atom stereocenters. The van der Waals surface area contributed by atoms with Crippen molar-refractivity contribution < 1.29 is 9.90 Å². The van der Waals surface area contributed by atoms with E-state index in [0.29, 0.717) is 6.04 Å². The van der Waals surface area contributed by atoms with Gasteiger partial charge < -0.3 is 5.11 Å². The Balaban J connectivity index is 2.35. The van der Waals surface area contributed by atoms with E-state index in [1.165, 1.54) is 12.8 Å². The van der Waals surface area contributed by atoms with E-state index in [4.69, 9.17) is 5.11 Å². The van der Waals surface area contributed by atoms with Gasteiger partial charge in [0.2, 0.25) is 0 Å². The Labute approximate surface area is 79.7 Å². The maximum absolute atomic E-state index is 10.7. The Morgan fingerprint density at radius 2 is 2.38 bits per heavy atom. The topological polar surface area (TPSA) is 40.5 Å². The molecule has 1 saturated heterocycles. The van der Waals surface area contributed by atoms with Gasteiger partial charge in [0.25, 0.3) is 0 Å². The van der Waals surface area contributed by atoms with Crippen LogP contribution in [0.4, 0.5) is 0 Å². The van der Waals surface area contributed by atoms with Crippen molar-refractivity contribution in [1.29, 1.82) is 0 Å². The van der Waals surface area contributed by atoms with E-state index in [-0.39, 0.29) is 5.92 Å². The van der Waals surface area contributed by atoms with Gasteiger partial charge in [0, 0.05) is 12.6 Å². The fourth-order valence-electron chi connectivity index (χ4n) is 1.99. The third-order valence-corrected chi connectivity index (χ3v) is 2.90. The highest BCUT2D eigenvalue weighted by molar-refractivity contribution is 5.70. The van der Waals surface area contributed by atoms with Gasteiger partial charge in [-0.05, 0) is 26.3 Å². The first-order valence-electron chi connectivity index (χ1n) is 5.12. The average Bonchev–Trinajstić information content (AvgIpc) is 2.52. The third-order valence-electron chi connectivity index (χ3n) is 2.90. The zero-order chi connectivity index (χ0) is 9.84. The molecule has 1 rings (SSSR count). The van der Waals surface area contributed by atoms with Crippen LogP contribution in [0, 0.1) is 5.92 Å². The van der Waals surface area contributed by atoms with E-state index in [2.05, 4.69) is 18.7 Å². The molecule has 0 radical (unpaired) electrons. The molecule has 3 heteroatoms. The molecule has 0 saturated carbocycles. The minimum absolute atomic E-state index is 0.126. The predicted molar refractivity (Wildman–Crippen MR) is 51.7 cm³/mol. The summed E-state index contributed by atoms with van der Waals surface area (Å²) in [4.78, 5) is 13.0. The number of aliphatic carboxylic acids is 1. The number of rotatable bonds is 4. The van der Waals surface area contributed by atoms with Gasteiger partial charge in [-0.25, -0.2) is 0 Å². The van der Waals surface area contributed by atoms with Crippen molar-refractivity contribution in [2.45, 2.75) is 39.2 Å². The van der Waals surface area contributed by atoms with E-state index in [9.17, 15) is 4.79 Å². The molecule has 0 spiro atoms. The molecular weight excluding hydrogens is 166 g/mol. The lowest BCUT2D eigenvalue weighted by Crippen LogP contribution is -2.31. The molecule has 0 aromatic rings. The Bertz CT molecular complexity index is 182. The summed E-state index contributed by atoms with van der Waals surface area (Å²) in [6, 6.07) is 0.550. The van der Waals surface area contributed by atoms with E-state index < -0.39 is 5.97 Å². The molecule has 76 valence electrons. The fourth-order valence-corrected chi connectivity index (χ4v) is 1.99. The van der Waals surface area contributed by atoms with Gasteiger partial charge in [-0.1, -0.05) is 13.3 Å². The first-order chi connectivity index (χ1) is 6.15. The van der Waals surface area contributed by atoms with E-state index in [1.54, 1.807) is 0 Å². The average molecular weight is 185 g/mol. The molecule has 0 aromatic carbocycles. The van der Waals surface area contributed by atoms with Crippen LogP contribution in [-0.4, -0.2) is 35.1 Å². The largest absolute Gasteiger partial charge is 0.481 e. The minimum atomic E-state index is -0.633. The van der Waals surface area contributed by atoms with Crippen LogP contribution in [0.1, 0.15) is 33.1 Å². The summed E-state index contributed by atoms with van der Waals surface area (Å²) < 4.78 is 0. The normalized spacial score (nSPS) is 26.2. The summed E-state index contributed by atoms with van der Waals surface area (Å²) in [6.07, 6.45) is 3.17. The number of carbonyl (C=O) groups is 1. The third kappa shape index (κ3) is 2.69. The van der Waals surface area contributed by atoms with Gasteiger partial charge in [0.1, 0.15) is 0 Å². The Morgan fingerprint density at radius 1 is 1.69 bits per heavy atom. The Kier molecular flexibility index (Phi) is 3.72. The van der Waals surface area contributed by atoms with Crippen LogP contribution in [-0.2, 0) is 4.79 Å². The molecule has 3 nitrogen and oxygen atoms in total. The number of nitrogens with zero attached hydrogens (tertiary/aromatic N) is 1. The van der Waals surface area contributed by atoms with Crippen molar-refractivity contribution in [3.05, 3.63) is 0 Å². The van der Waals surface area contributed by atoms with Gasteiger partial charge >= 0.3 is 5.97 Å². The monoisotopic (exact) mass is 185 g/mol. The summed E-state index contributed by atoms with van der Waals surface area (Å²) in [5.41, 5.74) is 0. The maximum atomic E-state index is 10.7. The second-order valence-electron chi connectivity index (χ2n) is 3.96. The van der Waals surface area contributed by atoms with Crippen molar-refractivity contribution in [3.8, 4) is 0 Å². The first-order valence-corrected chi connectivity index (χ1v) is 5.12. The number of hydrogen-bond acceptors (Lipinski definition) is 2. The zero-order valence-electron chi connectivity index (χ0n) is 8.49. The SMILES string of the molecule is CCCC(C)N1CCC(C(=O)O)C1. The van der Waals surface area contributed by atoms with Crippen molar-refractivity contribution in [2.75, 3.05) is 13.1 Å². The first kappa shape index (κ1) is 10.5. The van der Waals surface area contributed by atoms with Crippen molar-refractivity contribution in [2.24, 2.45) is 5.92 Å². The quantitative estimate of drug-likeness (QED) is 0.723. The minimum Gasteiger partial charge on any atom is -0.481 e. The smallest absolute Gasteiger partial charge is 0.307 e. The lowest BCUT2D eigenvalue weighted by molar-refractivity contribution is -0.141. The van der Waals surface area contributed by atoms with Crippen LogP contribution in [0.2, 0.25) is 0 Å². The van der Waals surface area contributed by atoms with Gasteiger partial charge in [-0.15, -0.1) is 0 Å². The predicted octanol–water partition coefficient (Wildman–Crippen LogP) is 1.58. The second kappa shape index (κ2) is 4.61. The molecule has 1 aliphatic rings. The van der Waals surface area contributed by atoms with Crippen LogP contribution in [0.5, 0.6) is 0 Å². The Morgan fingerprint density at radius 3 is 2.85 bits per heavy atom. The van der Waals surface area contributed by atoms with Gasteiger partial charge in [0.05, 0.1) is 5.92 Å².